The highest BCUT2D eigenvalue weighted by atomic mass is 79.9. The first-order chi connectivity index (χ1) is 17.3. The van der Waals surface area contributed by atoms with E-state index in [1.165, 1.54) is 17.0 Å². The van der Waals surface area contributed by atoms with E-state index in [0.717, 1.165) is 17.8 Å². The van der Waals surface area contributed by atoms with Crippen LogP contribution in [0.5, 0.6) is 11.5 Å². The Morgan fingerprint density at radius 3 is 2.43 bits per heavy atom. The van der Waals surface area contributed by atoms with E-state index < -0.39 is 34.0 Å². The van der Waals surface area contributed by atoms with E-state index in [9.17, 15) is 28.1 Å². The van der Waals surface area contributed by atoms with Gasteiger partial charge in [0, 0.05) is 20.6 Å². The molecule has 0 spiro atoms. The molecule has 0 atom stereocenters. The zero-order valence-corrected chi connectivity index (χ0v) is 23.4. The zero-order valence-electron chi connectivity index (χ0n) is 17.9. The van der Waals surface area contributed by atoms with Crippen molar-refractivity contribution in [3.63, 3.8) is 0 Å². The summed E-state index contributed by atoms with van der Waals surface area (Å²) in [6.45, 7) is 0. The number of halogens is 6. The number of nitro benzene ring substituents is 1. The lowest BCUT2D eigenvalue weighted by atomic mass is 10.1. The van der Waals surface area contributed by atoms with Crippen molar-refractivity contribution in [1.82, 2.24) is 0 Å². The van der Waals surface area contributed by atoms with E-state index in [0.29, 0.717) is 37.4 Å². The van der Waals surface area contributed by atoms with Gasteiger partial charge >= 0.3 is 11.9 Å². The van der Waals surface area contributed by atoms with Crippen LogP contribution in [-0.4, -0.2) is 15.2 Å². The van der Waals surface area contributed by atoms with Crippen LogP contribution < -0.4 is 9.64 Å². The minimum absolute atomic E-state index is 0.0722. The highest BCUT2D eigenvalue weighted by molar-refractivity contribution is 9.10. The second-order valence-electron chi connectivity index (χ2n) is 7.34. The summed E-state index contributed by atoms with van der Waals surface area (Å²) >= 11 is 19.2. The van der Waals surface area contributed by atoms with Gasteiger partial charge in [0.2, 0.25) is 5.75 Å². The topological polar surface area (TPSA) is 72.7 Å². The quantitative estimate of drug-likeness (QED) is 0.115. The summed E-state index contributed by atoms with van der Waals surface area (Å²) in [6, 6.07) is 11.5. The number of carbonyl (C=O) groups excluding carboxylic acids is 1. The fourth-order valence-electron chi connectivity index (χ4n) is 3.22. The molecule has 14 heteroatoms. The van der Waals surface area contributed by atoms with Gasteiger partial charge in [0.15, 0.2) is 4.32 Å². The van der Waals surface area contributed by atoms with Crippen molar-refractivity contribution in [2.45, 2.75) is 6.18 Å². The number of nitro groups is 1. The van der Waals surface area contributed by atoms with E-state index in [1.54, 1.807) is 30.3 Å². The van der Waals surface area contributed by atoms with Gasteiger partial charge in [0.05, 0.1) is 26.1 Å². The third-order valence-corrected chi connectivity index (χ3v) is 7.94. The largest absolute Gasteiger partial charge is 0.449 e. The average Bonchev–Trinajstić information content (AvgIpc) is 3.09. The standard InChI is InChI=1S/C23H10Br2ClF3N2O4S2/c24-13-2-6-18(35-19-5-1-12(23(27,28)29)9-17(19)31(33)34)11(7-13)8-20-21(32)30(22(36)37-20)14-3-4-15(25)16(26)10-14/h1-10H/b20-8+. The third kappa shape index (κ3) is 6.01. The van der Waals surface area contributed by atoms with Crippen molar-refractivity contribution in [3.05, 3.63) is 94.7 Å². The lowest BCUT2D eigenvalue weighted by Crippen LogP contribution is -2.27. The van der Waals surface area contributed by atoms with Crippen molar-refractivity contribution >= 4 is 95.1 Å². The molecule has 37 heavy (non-hydrogen) atoms. The van der Waals surface area contributed by atoms with Crippen LogP contribution in [0.2, 0.25) is 5.02 Å². The fraction of sp³-hybridized carbons (Fsp3) is 0.0435. The number of ether oxygens (including phenoxy) is 1. The predicted octanol–water partition coefficient (Wildman–Crippen LogP) is 8.99. The number of nitrogens with zero attached hydrogens (tertiary/aromatic N) is 2. The Kier molecular flexibility index (Phi) is 8.00. The van der Waals surface area contributed by atoms with Crippen LogP contribution in [0, 0.1) is 10.1 Å². The molecule has 3 aromatic carbocycles. The normalized spacial score (nSPS) is 15.0. The molecule has 1 aliphatic heterocycles. The molecule has 0 unspecified atom stereocenters. The van der Waals surface area contributed by atoms with Gasteiger partial charge in [0.25, 0.3) is 5.91 Å². The summed E-state index contributed by atoms with van der Waals surface area (Å²) in [5, 5.41) is 11.8. The Morgan fingerprint density at radius 1 is 1.08 bits per heavy atom. The maximum Gasteiger partial charge on any atom is 0.416 e. The number of thiocarbonyl (C=S) groups is 1. The van der Waals surface area contributed by atoms with Gasteiger partial charge in [0.1, 0.15) is 5.75 Å². The minimum atomic E-state index is -4.76. The predicted molar refractivity (Wildman–Crippen MR) is 147 cm³/mol. The summed E-state index contributed by atoms with van der Waals surface area (Å²) in [5.74, 6) is -0.755. The van der Waals surface area contributed by atoms with Crippen molar-refractivity contribution < 1.29 is 27.6 Å². The molecular formula is C23H10Br2ClF3N2O4S2. The number of carbonyl (C=O) groups is 1. The van der Waals surface area contributed by atoms with Crippen molar-refractivity contribution in [2.24, 2.45) is 0 Å². The Balaban J connectivity index is 1.71. The minimum Gasteiger partial charge on any atom is -0.449 e. The number of hydrogen-bond donors (Lipinski definition) is 0. The fourth-order valence-corrected chi connectivity index (χ4v) is 5.31. The first-order valence-electron chi connectivity index (χ1n) is 9.91. The van der Waals surface area contributed by atoms with Gasteiger partial charge in [-0.25, -0.2) is 0 Å². The van der Waals surface area contributed by atoms with Gasteiger partial charge in [-0.05, 0) is 70.5 Å². The zero-order chi connectivity index (χ0) is 27.1. The number of benzene rings is 3. The molecule has 190 valence electrons. The maximum absolute atomic E-state index is 13.2. The number of hydrogen-bond acceptors (Lipinski definition) is 6. The second-order valence-corrected chi connectivity index (χ2v) is 11.2. The Morgan fingerprint density at radius 2 is 1.78 bits per heavy atom. The van der Waals surface area contributed by atoms with E-state index in [1.807, 2.05) is 0 Å². The van der Waals surface area contributed by atoms with Crippen LogP contribution in [0.4, 0.5) is 24.5 Å². The van der Waals surface area contributed by atoms with Crippen LogP contribution in [0.25, 0.3) is 6.08 Å². The molecule has 0 N–H and O–H groups in total. The molecule has 0 aliphatic carbocycles. The summed E-state index contributed by atoms with van der Waals surface area (Å²) in [7, 11) is 0. The summed E-state index contributed by atoms with van der Waals surface area (Å²) in [5.41, 5.74) is -1.25. The van der Waals surface area contributed by atoms with E-state index in [2.05, 4.69) is 31.9 Å². The van der Waals surface area contributed by atoms with Gasteiger partial charge in [-0.1, -0.05) is 51.5 Å². The van der Waals surface area contributed by atoms with Crippen LogP contribution in [0.1, 0.15) is 11.1 Å². The molecule has 0 radical (unpaired) electrons. The average molecular weight is 695 g/mol. The van der Waals surface area contributed by atoms with E-state index in [-0.39, 0.29) is 15.0 Å². The van der Waals surface area contributed by atoms with E-state index in [4.69, 9.17) is 28.6 Å². The molecule has 0 saturated carbocycles. The van der Waals surface area contributed by atoms with Gasteiger partial charge in [-0.3, -0.25) is 19.8 Å². The molecule has 0 aromatic heterocycles. The Hall–Kier alpha value is -2.45. The number of amides is 1. The van der Waals surface area contributed by atoms with Crippen molar-refractivity contribution in [2.75, 3.05) is 4.90 Å². The summed E-state index contributed by atoms with van der Waals surface area (Å²) in [6.07, 6.45) is -3.28. The highest BCUT2D eigenvalue weighted by Crippen LogP contribution is 2.42. The second kappa shape index (κ2) is 10.7. The van der Waals surface area contributed by atoms with Crippen LogP contribution in [-0.2, 0) is 11.0 Å². The highest BCUT2D eigenvalue weighted by Gasteiger charge is 2.35. The number of alkyl halides is 3. The molecule has 1 amide bonds. The summed E-state index contributed by atoms with van der Waals surface area (Å²) < 4.78 is 46.3. The molecule has 1 heterocycles. The molecule has 4 rings (SSSR count). The molecular weight excluding hydrogens is 685 g/mol. The van der Waals surface area contributed by atoms with Gasteiger partial charge in [-0.2, -0.15) is 13.2 Å². The molecule has 1 fully saturated rings. The van der Waals surface area contributed by atoms with Crippen LogP contribution in [0.3, 0.4) is 0 Å². The van der Waals surface area contributed by atoms with Gasteiger partial charge < -0.3 is 4.74 Å². The first-order valence-corrected chi connectivity index (χ1v) is 13.1. The van der Waals surface area contributed by atoms with E-state index >= 15 is 0 Å². The lowest BCUT2D eigenvalue weighted by molar-refractivity contribution is -0.385. The van der Waals surface area contributed by atoms with Crippen LogP contribution >= 0.6 is 67.4 Å². The Labute approximate surface area is 238 Å². The third-order valence-electron chi connectivity index (χ3n) is 4.92. The first kappa shape index (κ1) is 27.6. The molecule has 6 nitrogen and oxygen atoms in total. The molecule has 1 aliphatic rings. The molecule has 1 saturated heterocycles. The monoisotopic (exact) mass is 692 g/mol. The lowest BCUT2D eigenvalue weighted by Gasteiger charge is -2.15. The molecule has 0 bridgehead atoms. The van der Waals surface area contributed by atoms with Crippen LogP contribution in [0.15, 0.2) is 68.4 Å². The Bertz CT molecular complexity index is 1500. The number of thioether (sulfide) groups is 1. The SMILES string of the molecule is O=C1/C(=C\c2cc(Br)ccc2Oc2ccc(C(F)(F)F)cc2[N+](=O)[O-])SC(=S)N1c1ccc(Br)c(Cl)c1. The van der Waals surface area contributed by atoms with Crippen molar-refractivity contribution in [1.29, 1.82) is 0 Å². The molecule has 3 aromatic rings. The smallest absolute Gasteiger partial charge is 0.416 e. The number of rotatable bonds is 5. The summed E-state index contributed by atoms with van der Waals surface area (Å²) in [4.78, 5) is 25.2. The maximum atomic E-state index is 13.2. The number of anilines is 1. The van der Waals surface area contributed by atoms with Crippen molar-refractivity contribution in [3.8, 4) is 11.5 Å². The van der Waals surface area contributed by atoms with Gasteiger partial charge in [-0.15, -0.1) is 0 Å².